The van der Waals surface area contributed by atoms with E-state index in [1.165, 1.54) is 24.1 Å². The van der Waals surface area contributed by atoms with Crippen LogP contribution in [-0.4, -0.2) is 37.3 Å². The number of methoxy groups -OCH3 is 1. The van der Waals surface area contributed by atoms with Crippen molar-refractivity contribution in [2.24, 2.45) is 11.8 Å². The molecule has 1 saturated heterocycles. The van der Waals surface area contributed by atoms with Crippen molar-refractivity contribution in [3.8, 4) is 5.75 Å². The van der Waals surface area contributed by atoms with E-state index in [2.05, 4.69) is 31.9 Å². The van der Waals surface area contributed by atoms with Crippen LogP contribution in [0.4, 0.5) is 5.69 Å². The molecule has 8 rings (SSSR count). The summed E-state index contributed by atoms with van der Waals surface area (Å²) in [7, 11) is 1.53. The van der Waals surface area contributed by atoms with Crippen molar-refractivity contribution in [1.29, 1.82) is 0 Å². The summed E-state index contributed by atoms with van der Waals surface area (Å²) < 4.78 is 8.57. The molecule has 4 aromatic carbocycles. The highest BCUT2D eigenvalue weighted by atomic mass is 79.9. The number of carbonyl (C=O) groups excluding carboxylic acids is 4. The first kappa shape index (κ1) is 27.7. The summed E-state index contributed by atoms with van der Waals surface area (Å²) >= 11 is 8.00. The smallest absolute Gasteiger partial charge is 0.338 e. The molecule has 0 saturated carbocycles. The zero-order chi connectivity index (χ0) is 30.1. The summed E-state index contributed by atoms with van der Waals surface area (Å²) in [4.78, 5) is 54.8. The van der Waals surface area contributed by atoms with E-state index in [4.69, 9.17) is 9.47 Å². The van der Waals surface area contributed by atoms with Gasteiger partial charge in [-0.1, -0.05) is 80.4 Å². The van der Waals surface area contributed by atoms with E-state index >= 15 is 0 Å². The van der Waals surface area contributed by atoms with Gasteiger partial charge in [0.25, 0.3) is 0 Å². The number of esters is 1. The number of hydrogen-bond donors (Lipinski definition) is 0. The lowest BCUT2D eigenvalue weighted by atomic mass is 9.54. The third kappa shape index (κ3) is 3.84. The number of alkyl halides is 2. The molecular weight excluding hydrogens is 678 g/mol. The number of imide groups is 1. The van der Waals surface area contributed by atoms with Gasteiger partial charge in [-0.2, -0.15) is 0 Å². The fourth-order valence-corrected chi connectivity index (χ4v) is 9.05. The summed E-state index contributed by atoms with van der Waals surface area (Å²) in [5.41, 5.74) is 4.76. The van der Waals surface area contributed by atoms with E-state index in [0.717, 1.165) is 22.3 Å². The highest BCUT2D eigenvalue weighted by molar-refractivity contribution is 9.10. The number of nitrogens with zero attached hydrogens (tertiary/aromatic N) is 1. The highest BCUT2D eigenvalue weighted by Crippen LogP contribution is 2.70. The van der Waals surface area contributed by atoms with E-state index in [1.54, 1.807) is 36.4 Å². The van der Waals surface area contributed by atoms with Gasteiger partial charge in [0.2, 0.25) is 11.8 Å². The predicted molar refractivity (Wildman–Crippen MR) is 166 cm³/mol. The second-order valence-electron chi connectivity index (χ2n) is 10.8. The van der Waals surface area contributed by atoms with Crippen LogP contribution in [0.1, 0.15) is 43.0 Å². The first-order chi connectivity index (χ1) is 20.7. The molecule has 1 aliphatic heterocycles. The van der Waals surface area contributed by atoms with Gasteiger partial charge >= 0.3 is 5.97 Å². The molecule has 1 fully saturated rings. The van der Waals surface area contributed by atoms with Gasteiger partial charge in [0.15, 0.2) is 12.4 Å². The molecule has 4 aromatic rings. The van der Waals surface area contributed by atoms with Crippen LogP contribution >= 0.6 is 31.9 Å². The molecule has 0 aromatic heterocycles. The Kier molecular flexibility index (Phi) is 6.45. The number of rotatable bonds is 6. The molecule has 0 spiro atoms. The lowest BCUT2D eigenvalue weighted by molar-refractivity contribution is -0.122. The second kappa shape index (κ2) is 9.99. The molecule has 0 unspecified atom stereocenters. The van der Waals surface area contributed by atoms with Crippen molar-refractivity contribution < 1.29 is 28.7 Å². The fourth-order valence-electron chi connectivity index (χ4n) is 6.74. The van der Waals surface area contributed by atoms with Crippen molar-refractivity contribution in [3.63, 3.8) is 0 Å². The standard InChI is InChI=1S/C34H23Br2NO6/c1-42-22-16-12-19(13-17-22)27(38)18-43-32(41)20-10-14-21(15-11-20)37-30(39)28-29(31(37)40)34(36)24-7-3-2-6-23(24)33(28,35)25-8-4-5-9-26(25)34/h2-17,28-29H,18H2,1H3/t28-,29+,33?,34?. The molecule has 214 valence electrons. The number of benzene rings is 4. The molecule has 3 aliphatic carbocycles. The van der Waals surface area contributed by atoms with Crippen LogP contribution in [0.2, 0.25) is 0 Å². The van der Waals surface area contributed by atoms with Crippen LogP contribution in [0.25, 0.3) is 0 Å². The van der Waals surface area contributed by atoms with Gasteiger partial charge < -0.3 is 9.47 Å². The number of Topliss-reactive ketones (excluding diaryl/α,β-unsaturated/α-hetero) is 1. The number of carbonyl (C=O) groups is 4. The molecule has 0 radical (unpaired) electrons. The van der Waals surface area contributed by atoms with Crippen LogP contribution < -0.4 is 9.64 Å². The van der Waals surface area contributed by atoms with E-state index in [-0.39, 0.29) is 23.2 Å². The number of ether oxygens (including phenoxy) is 2. The van der Waals surface area contributed by atoms with Gasteiger partial charge in [-0.15, -0.1) is 0 Å². The zero-order valence-corrected chi connectivity index (χ0v) is 25.9. The van der Waals surface area contributed by atoms with Crippen molar-refractivity contribution in [2.45, 2.75) is 8.65 Å². The van der Waals surface area contributed by atoms with Crippen molar-refractivity contribution in [3.05, 3.63) is 130 Å². The fraction of sp³-hybridized carbons (Fsp3) is 0.176. The Morgan fingerprint density at radius 1 is 0.698 bits per heavy atom. The van der Waals surface area contributed by atoms with Gasteiger partial charge in [-0.25, -0.2) is 9.69 Å². The Morgan fingerprint density at radius 2 is 1.14 bits per heavy atom. The normalized spacial score (nSPS) is 24.7. The van der Waals surface area contributed by atoms with E-state index in [1.807, 2.05) is 48.5 Å². The van der Waals surface area contributed by atoms with Crippen molar-refractivity contribution in [2.75, 3.05) is 18.6 Å². The van der Waals surface area contributed by atoms with Crippen molar-refractivity contribution in [1.82, 2.24) is 0 Å². The van der Waals surface area contributed by atoms with Crippen LogP contribution in [0.5, 0.6) is 5.75 Å². The maximum atomic E-state index is 14.2. The van der Waals surface area contributed by atoms with Crippen LogP contribution in [0.15, 0.2) is 97.1 Å². The second-order valence-corrected chi connectivity index (χ2v) is 13.3. The predicted octanol–water partition coefficient (Wildman–Crippen LogP) is 6.14. The number of halogens is 2. The summed E-state index contributed by atoms with van der Waals surface area (Å²) in [5, 5.41) is 0. The maximum Gasteiger partial charge on any atom is 0.338 e. The Bertz CT molecular complexity index is 1710. The Balaban J connectivity index is 1.16. The third-order valence-corrected chi connectivity index (χ3v) is 11.4. The zero-order valence-electron chi connectivity index (χ0n) is 22.8. The number of ketones is 1. The Hall–Kier alpha value is -4.08. The molecule has 43 heavy (non-hydrogen) atoms. The van der Waals surface area contributed by atoms with Gasteiger partial charge in [0.05, 0.1) is 38.8 Å². The average Bonchev–Trinajstić information content (AvgIpc) is 3.33. The monoisotopic (exact) mass is 699 g/mol. The minimum absolute atomic E-state index is 0.191. The quantitative estimate of drug-likeness (QED) is 0.104. The molecule has 7 nitrogen and oxygen atoms in total. The molecule has 2 bridgehead atoms. The first-order valence-electron chi connectivity index (χ1n) is 13.6. The summed E-state index contributed by atoms with van der Waals surface area (Å²) in [6, 6.07) is 28.4. The SMILES string of the molecule is COc1ccc(C(=O)COC(=O)c2ccc(N3C(=O)[C@@H]4[C@H](C3=O)C3(Br)c5ccccc5C4(Br)c4ccccc43)cc2)cc1. The van der Waals surface area contributed by atoms with Crippen molar-refractivity contribution >= 4 is 61.1 Å². The first-order valence-corrected chi connectivity index (χ1v) is 15.2. The molecule has 2 atom stereocenters. The molecule has 1 heterocycles. The molecule has 0 N–H and O–H groups in total. The molecule has 4 aliphatic rings. The number of anilines is 1. The highest BCUT2D eigenvalue weighted by Gasteiger charge is 2.72. The van der Waals surface area contributed by atoms with Crippen LogP contribution in [0, 0.1) is 11.8 Å². The molecule has 2 amide bonds. The van der Waals surface area contributed by atoms with Crippen LogP contribution in [-0.2, 0) is 23.0 Å². The average molecular weight is 701 g/mol. The van der Waals surface area contributed by atoms with E-state index in [9.17, 15) is 19.2 Å². The van der Waals surface area contributed by atoms with Gasteiger partial charge in [0.1, 0.15) is 5.75 Å². The van der Waals surface area contributed by atoms with E-state index < -0.39 is 33.1 Å². The molecule has 9 heteroatoms. The summed E-state index contributed by atoms with van der Waals surface area (Å²) in [5.74, 6) is -2.46. The Morgan fingerprint density at radius 3 is 1.58 bits per heavy atom. The van der Waals surface area contributed by atoms with E-state index in [0.29, 0.717) is 17.0 Å². The van der Waals surface area contributed by atoms with Gasteiger partial charge in [-0.3, -0.25) is 14.4 Å². The lowest BCUT2D eigenvalue weighted by Crippen LogP contribution is -2.56. The minimum atomic E-state index is -0.887. The lowest BCUT2D eigenvalue weighted by Gasteiger charge is -2.55. The topological polar surface area (TPSA) is 90.0 Å². The molecular formula is C34H23Br2NO6. The third-order valence-electron chi connectivity index (χ3n) is 8.69. The van der Waals surface area contributed by atoms with Gasteiger partial charge in [-0.05, 0) is 70.8 Å². The summed E-state index contributed by atoms with van der Waals surface area (Å²) in [6.07, 6.45) is 0. The van der Waals surface area contributed by atoms with Crippen LogP contribution in [0.3, 0.4) is 0 Å². The largest absolute Gasteiger partial charge is 0.497 e. The summed E-state index contributed by atoms with van der Waals surface area (Å²) in [6.45, 7) is -0.429. The number of hydrogen-bond acceptors (Lipinski definition) is 6. The van der Waals surface area contributed by atoms with Gasteiger partial charge in [0, 0.05) is 5.56 Å². The minimum Gasteiger partial charge on any atom is -0.497 e. The number of amides is 2. The maximum absolute atomic E-state index is 14.2. The Labute approximate surface area is 264 Å².